The Bertz CT molecular complexity index is 566. The van der Waals surface area contributed by atoms with Gasteiger partial charge in [0.1, 0.15) is 0 Å². The van der Waals surface area contributed by atoms with Gasteiger partial charge in [-0.15, -0.1) is 0 Å². The van der Waals surface area contributed by atoms with Gasteiger partial charge >= 0.3 is 5.69 Å². The molecule has 0 bridgehead atoms. The highest BCUT2D eigenvalue weighted by Crippen LogP contribution is 1.88. The Morgan fingerprint density at radius 1 is 1.47 bits per heavy atom. The third kappa shape index (κ3) is 1.71. The Labute approximate surface area is 83.6 Å². The van der Waals surface area contributed by atoms with Crippen LogP contribution in [0, 0.1) is 0 Å². The second-order valence-corrected chi connectivity index (χ2v) is 2.98. The third-order valence-corrected chi connectivity index (χ3v) is 1.95. The smallest absolute Gasteiger partial charge is 0.331 e. The van der Waals surface area contributed by atoms with Crippen LogP contribution in [-0.4, -0.2) is 19.3 Å². The highest BCUT2D eigenvalue weighted by Gasteiger charge is 2.06. The number of rotatable bonds is 2. The molecule has 0 aliphatic rings. The maximum atomic E-state index is 11.6. The van der Waals surface area contributed by atoms with Crippen molar-refractivity contribution in [2.24, 2.45) is 7.05 Å². The van der Waals surface area contributed by atoms with Crippen molar-refractivity contribution in [1.82, 2.24) is 19.3 Å². The average molecular weight is 208 g/mol. The van der Waals surface area contributed by atoms with Crippen LogP contribution >= 0.6 is 0 Å². The second-order valence-electron chi connectivity index (χ2n) is 2.98. The van der Waals surface area contributed by atoms with E-state index in [0.29, 0.717) is 5.82 Å². The predicted octanol–water partition coefficient (Wildman–Crippen LogP) is -1.02. The van der Waals surface area contributed by atoms with Crippen LogP contribution in [0.2, 0.25) is 0 Å². The topological polar surface area (TPSA) is 82.9 Å². The van der Waals surface area contributed by atoms with Crippen LogP contribution in [-0.2, 0) is 13.6 Å². The molecular formula is C8H8N4O3. The second kappa shape index (κ2) is 3.52. The molecule has 0 saturated heterocycles. The van der Waals surface area contributed by atoms with Crippen molar-refractivity contribution in [2.75, 3.05) is 0 Å². The van der Waals surface area contributed by atoms with E-state index in [0.717, 1.165) is 11.0 Å². The quantitative estimate of drug-likeness (QED) is 0.630. The lowest BCUT2D eigenvalue weighted by atomic mass is 10.5. The first kappa shape index (κ1) is 9.38. The van der Waals surface area contributed by atoms with Gasteiger partial charge in [0.05, 0.1) is 6.54 Å². The van der Waals surface area contributed by atoms with Gasteiger partial charge in [-0.05, 0) is 0 Å². The fraction of sp³-hybridized carbons (Fsp3) is 0.250. The van der Waals surface area contributed by atoms with Gasteiger partial charge in [-0.3, -0.25) is 9.36 Å². The average Bonchev–Trinajstić information content (AvgIpc) is 2.71. The van der Waals surface area contributed by atoms with Gasteiger partial charge < -0.3 is 9.09 Å². The first-order chi connectivity index (χ1) is 7.18. The van der Waals surface area contributed by atoms with E-state index in [4.69, 9.17) is 0 Å². The van der Waals surface area contributed by atoms with Crippen molar-refractivity contribution in [3.8, 4) is 0 Å². The molecule has 2 heterocycles. The summed E-state index contributed by atoms with van der Waals surface area (Å²) >= 11 is 0. The van der Waals surface area contributed by atoms with Crippen molar-refractivity contribution in [1.29, 1.82) is 0 Å². The molecule has 0 aliphatic heterocycles. The van der Waals surface area contributed by atoms with E-state index in [-0.39, 0.29) is 12.1 Å². The van der Waals surface area contributed by atoms with Crippen LogP contribution in [0.3, 0.4) is 0 Å². The molecule has 7 heteroatoms. The Balaban J connectivity index is 2.49. The van der Waals surface area contributed by atoms with Crippen molar-refractivity contribution in [3.63, 3.8) is 0 Å². The van der Waals surface area contributed by atoms with Crippen molar-refractivity contribution in [2.45, 2.75) is 6.54 Å². The Morgan fingerprint density at radius 2 is 2.27 bits per heavy atom. The number of hydrogen-bond acceptors (Lipinski definition) is 5. The maximum absolute atomic E-state index is 11.6. The van der Waals surface area contributed by atoms with E-state index in [9.17, 15) is 9.59 Å². The van der Waals surface area contributed by atoms with Gasteiger partial charge in [-0.2, -0.15) is 4.98 Å². The number of aromatic nitrogens is 4. The van der Waals surface area contributed by atoms with Crippen molar-refractivity contribution >= 4 is 0 Å². The fourth-order valence-corrected chi connectivity index (χ4v) is 1.16. The van der Waals surface area contributed by atoms with Gasteiger partial charge in [0.15, 0.2) is 5.82 Å². The molecule has 7 nitrogen and oxygen atoms in total. The fourth-order valence-electron chi connectivity index (χ4n) is 1.16. The summed E-state index contributed by atoms with van der Waals surface area (Å²) < 4.78 is 6.85. The van der Waals surface area contributed by atoms with Crippen LogP contribution in [0.15, 0.2) is 32.8 Å². The minimum atomic E-state index is -0.410. The lowest BCUT2D eigenvalue weighted by molar-refractivity contribution is 0.407. The molecule has 0 aromatic carbocycles. The molecule has 2 aromatic heterocycles. The summed E-state index contributed by atoms with van der Waals surface area (Å²) in [5, 5.41) is 3.53. The number of aryl methyl sites for hydroxylation is 1. The number of hydrogen-bond donors (Lipinski definition) is 0. The SMILES string of the molecule is Cn1ccc(=O)n(Cc2ncon2)c1=O. The summed E-state index contributed by atoms with van der Waals surface area (Å²) in [5.41, 5.74) is -0.796. The van der Waals surface area contributed by atoms with Crippen molar-refractivity contribution in [3.05, 3.63) is 45.3 Å². The highest BCUT2D eigenvalue weighted by atomic mass is 16.5. The van der Waals surface area contributed by atoms with E-state index in [1.807, 2.05) is 0 Å². The van der Waals surface area contributed by atoms with E-state index < -0.39 is 5.69 Å². The predicted molar refractivity (Wildman–Crippen MR) is 49.3 cm³/mol. The van der Waals surface area contributed by atoms with Crippen LogP contribution in [0.1, 0.15) is 5.82 Å². The van der Waals surface area contributed by atoms with Gasteiger partial charge in [0.2, 0.25) is 6.39 Å². The van der Waals surface area contributed by atoms with Crippen LogP contribution in [0.5, 0.6) is 0 Å². The van der Waals surface area contributed by atoms with E-state index in [2.05, 4.69) is 14.7 Å². The molecule has 0 spiro atoms. The molecule has 2 rings (SSSR count). The molecule has 78 valence electrons. The van der Waals surface area contributed by atoms with Crippen molar-refractivity contribution < 1.29 is 4.52 Å². The lowest BCUT2D eigenvalue weighted by Crippen LogP contribution is -2.38. The van der Waals surface area contributed by atoms with Gasteiger partial charge in [-0.1, -0.05) is 5.16 Å². The summed E-state index contributed by atoms with van der Waals surface area (Å²) in [7, 11) is 1.56. The summed E-state index contributed by atoms with van der Waals surface area (Å²) in [4.78, 5) is 26.7. The molecule has 0 amide bonds. The molecular weight excluding hydrogens is 200 g/mol. The monoisotopic (exact) mass is 208 g/mol. The maximum Gasteiger partial charge on any atom is 0.331 e. The van der Waals surface area contributed by atoms with E-state index in [1.165, 1.54) is 16.8 Å². The largest absolute Gasteiger partial charge is 0.343 e. The Morgan fingerprint density at radius 3 is 2.93 bits per heavy atom. The molecule has 0 saturated carbocycles. The van der Waals surface area contributed by atoms with Gasteiger partial charge in [-0.25, -0.2) is 4.79 Å². The zero-order chi connectivity index (χ0) is 10.8. The summed E-state index contributed by atoms with van der Waals surface area (Å²) in [6, 6.07) is 1.31. The molecule has 0 N–H and O–H groups in total. The normalized spacial score (nSPS) is 10.5. The summed E-state index contributed by atoms with van der Waals surface area (Å²) in [5.74, 6) is 0.292. The summed E-state index contributed by atoms with van der Waals surface area (Å²) in [6.07, 6.45) is 2.56. The molecule has 0 radical (unpaired) electrons. The molecule has 0 fully saturated rings. The Hall–Kier alpha value is -2.18. The first-order valence-corrected chi connectivity index (χ1v) is 4.20. The van der Waals surface area contributed by atoms with E-state index >= 15 is 0 Å². The molecule has 0 atom stereocenters. The minimum absolute atomic E-state index is 0.0167. The molecule has 0 aliphatic carbocycles. The van der Waals surface area contributed by atoms with Crippen LogP contribution in [0.4, 0.5) is 0 Å². The summed E-state index contributed by atoms with van der Waals surface area (Å²) in [6.45, 7) is 0.0167. The Kier molecular flexibility index (Phi) is 2.20. The lowest BCUT2D eigenvalue weighted by Gasteiger charge is -2.02. The van der Waals surface area contributed by atoms with Gasteiger partial charge in [0, 0.05) is 19.3 Å². The molecule has 2 aromatic rings. The first-order valence-electron chi connectivity index (χ1n) is 4.20. The highest BCUT2D eigenvalue weighted by molar-refractivity contribution is 4.89. The molecule has 15 heavy (non-hydrogen) atoms. The van der Waals surface area contributed by atoms with E-state index in [1.54, 1.807) is 7.05 Å². The minimum Gasteiger partial charge on any atom is -0.343 e. The van der Waals surface area contributed by atoms with Gasteiger partial charge in [0.25, 0.3) is 5.56 Å². The zero-order valence-corrected chi connectivity index (χ0v) is 7.95. The third-order valence-electron chi connectivity index (χ3n) is 1.95. The van der Waals surface area contributed by atoms with Crippen LogP contribution < -0.4 is 11.2 Å². The molecule has 0 unspecified atom stereocenters. The number of nitrogens with zero attached hydrogens (tertiary/aromatic N) is 4. The standard InChI is InChI=1S/C8H8N4O3/c1-11-3-2-7(13)12(8(11)14)4-6-9-5-15-10-6/h2-3,5H,4H2,1H3. The van der Waals surface area contributed by atoms with Crippen LogP contribution in [0.25, 0.3) is 0 Å². The zero-order valence-electron chi connectivity index (χ0n) is 7.95.